The number of fused-ring (bicyclic) bond motifs is 2. The van der Waals surface area contributed by atoms with Gasteiger partial charge in [-0.2, -0.15) is 0 Å². The smallest absolute Gasteiger partial charge is 0.297 e. The van der Waals surface area contributed by atoms with Crippen molar-refractivity contribution >= 4 is 33.3 Å². The molecule has 174 valence electrons. The number of amides is 1. The molecule has 5 rings (SSSR count). The number of anilines is 1. The van der Waals surface area contributed by atoms with Gasteiger partial charge in [-0.05, 0) is 36.2 Å². The van der Waals surface area contributed by atoms with E-state index < -0.39 is 11.9 Å². The molecule has 0 fully saturated rings. The predicted octanol–water partition coefficient (Wildman–Crippen LogP) is 3.98. The minimum atomic E-state index is -0.775. The molecule has 34 heavy (non-hydrogen) atoms. The number of aromatic nitrogens is 2. The largest absolute Gasteiger partial charge is 0.497 e. The van der Waals surface area contributed by atoms with Crippen molar-refractivity contribution < 1.29 is 23.4 Å². The summed E-state index contributed by atoms with van der Waals surface area (Å²) < 4.78 is 22.1. The Morgan fingerprint density at radius 2 is 1.79 bits per heavy atom. The molecule has 4 aromatic rings. The van der Waals surface area contributed by atoms with E-state index in [9.17, 15) is 9.59 Å². The molecule has 0 saturated heterocycles. The van der Waals surface area contributed by atoms with Crippen LogP contribution in [0.2, 0.25) is 0 Å². The van der Waals surface area contributed by atoms with Crippen LogP contribution in [0.3, 0.4) is 0 Å². The van der Waals surface area contributed by atoms with Gasteiger partial charge in [-0.25, -0.2) is 0 Å². The van der Waals surface area contributed by atoms with Gasteiger partial charge in [0, 0.05) is 6.07 Å². The molecule has 0 aliphatic carbocycles. The molecule has 0 N–H and O–H groups in total. The molecule has 9 nitrogen and oxygen atoms in total. The van der Waals surface area contributed by atoms with Crippen molar-refractivity contribution in [2.75, 3.05) is 26.2 Å². The predicted molar refractivity (Wildman–Crippen MR) is 127 cm³/mol. The molecule has 0 saturated carbocycles. The number of hydrogen-bond donors (Lipinski definition) is 0. The monoisotopic (exact) mass is 479 g/mol. The summed E-state index contributed by atoms with van der Waals surface area (Å²) in [5.74, 6) is 1.03. The zero-order valence-corrected chi connectivity index (χ0v) is 19.8. The Labute approximate surface area is 198 Å². The highest BCUT2D eigenvalue weighted by molar-refractivity contribution is 7.15. The van der Waals surface area contributed by atoms with Gasteiger partial charge >= 0.3 is 0 Å². The van der Waals surface area contributed by atoms with Crippen LogP contribution < -0.4 is 24.5 Å². The Morgan fingerprint density at radius 3 is 2.47 bits per heavy atom. The number of carbonyl (C=O) groups is 1. The lowest BCUT2D eigenvalue weighted by Crippen LogP contribution is -2.29. The molecule has 2 aromatic heterocycles. The Balaban J connectivity index is 1.78. The van der Waals surface area contributed by atoms with Gasteiger partial charge in [0.05, 0.1) is 38.3 Å². The molecule has 0 spiro atoms. The zero-order chi connectivity index (χ0) is 24.0. The van der Waals surface area contributed by atoms with Gasteiger partial charge in [-0.3, -0.25) is 14.5 Å². The maximum Gasteiger partial charge on any atom is 0.297 e. The fraction of sp³-hybridized carbons (Fsp3) is 0.250. The summed E-state index contributed by atoms with van der Waals surface area (Å²) in [6.45, 7) is 1.96. The summed E-state index contributed by atoms with van der Waals surface area (Å²) >= 11 is 1.30. The van der Waals surface area contributed by atoms with Crippen molar-refractivity contribution in [2.24, 2.45) is 0 Å². The second-order valence-electron chi connectivity index (χ2n) is 7.56. The molecule has 3 heterocycles. The molecule has 1 aliphatic rings. The van der Waals surface area contributed by atoms with E-state index >= 15 is 0 Å². The van der Waals surface area contributed by atoms with Crippen LogP contribution in [0.25, 0.3) is 11.0 Å². The Bertz CT molecular complexity index is 1480. The molecule has 1 unspecified atom stereocenters. The quantitative estimate of drug-likeness (QED) is 0.409. The standard InChI is InChI=1S/C24H21N3O6S/c1-5-18-25-26-24(34-18)27-20(12-6-9-15(31-3)17(10-12)32-4)19-21(28)14-8-7-13(30-2)11-16(14)33-22(19)23(27)29/h6-11,20H,5H2,1-4H3. The molecule has 1 amide bonds. The maximum atomic E-state index is 13.7. The molecule has 10 heteroatoms. The number of rotatable bonds is 6. The van der Waals surface area contributed by atoms with Crippen molar-refractivity contribution in [1.82, 2.24) is 10.2 Å². The van der Waals surface area contributed by atoms with Crippen molar-refractivity contribution in [1.29, 1.82) is 0 Å². The normalized spacial score (nSPS) is 15.0. The average molecular weight is 480 g/mol. The van der Waals surface area contributed by atoms with Gasteiger partial charge in [0.2, 0.25) is 10.9 Å². The maximum absolute atomic E-state index is 13.7. The first-order chi connectivity index (χ1) is 16.5. The van der Waals surface area contributed by atoms with E-state index in [2.05, 4.69) is 10.2 Å². The van der Waals surface area contributed by atoms with E-state index in [1.165, 1.54) is 30.5 Å². The third kappa shape index (κ3) is 3.29. The van der Waals surface area contributed by atoms with Crippen LogP contribution in [-0.2, 0) is 6.42 Å². The fourth-order valence-corrected chi connectivity index (χ4v) is 4.90. The van der Waals surface area contributed by atoms with Gasteiger partial charge in [-0.1, -0.05) is 24.3 Å². The second-order valence-corrected chi connectivity index (χ2v) is 8.60. The first-order valence-electron chi connectivity index (χ1n) is 10.5. The van der Waals surface area contributed by atoms with Crippen LogP contribution >= 0.6 is 11.3 Å². The molecule has 0 bridgehead atoms. The third-order valence-corrected chi connectivity index (χ3v) is 6.83. The van der Waals surface area contributed by atoms with Crippen molar-refractivity contribution in [3.63, 3.8) is 0 Å². The number of benzene rings is 2. The number of hydrogen-bond acceptors (Lipinski definition) is 9. The Morgan fingerprint density at radius 1 is 1.00 bits per heavy atom. The van der Waals surface area contributed by atoms with E-state index in [1.54, 1.807) is 43.5 Å². The summed E-state index contributed by atoms with van der Waals surface area (Å²) in [5.41, 5.74) is 0.868. The van der Waals surface area contributed by atoms with Gasteiger partial charge in [0.25, 0.3) is 5.91 Å². The van der Waals surface area contributed by atoms with Crippen LogP contribution in [-0.4, -0.2) is 37.4 Å². The SMILES string of the molecule is CCc1nnc(N2C(=O)c3oc4cc(OC)ccc4c(=O)c3C2c2ccc(OC)c(OC)c2)s1. The first-order valence-corrected chi connectivity index (χ1v) is 11.3. The van der Waals surface area contributed by atoms with Crippen LogP contribution in [0.4, 0.5) is 5.13 Å². The lowest BCUT2D eigenvalue weighted by Gasteiger charge is -2.23. The van der Waals surface area contributed by atoms with Crippen LogP contribution in [0.1, 0.15) is 39.7 Å². The summed E-state index contributed by atoms with van der Waals surface area (Å²) in [6, 6.07) is 9.42. The van der Waals surface area contributed by atoms with Crippen LogP contribution in [0.15, 0.2) is 45.6 Å². The van der Waals surface area contributed by atoms with E-state index in [0.717, 1.165) is 5.01 Å². The number of ether oxygens (including phenoxy) is 3. The molecule has 0 radical (unpaired) electrons. The Kier molecular flexibility index (Phi) is 5.45. The number of nitrogens with zero attached hydrogens (tertiary/aromatic N) is 3. The third-order valence-electron chi connectivity index (χ3n) is 5.77. The minimum Gasteiger partial charge on any atom is -0.497 e. The average Bonchev–Trinajstić information content (AvgIpc) is 3.45. The van der Waals surface area contributed by atoms with E-state index in [0.29, 0.717) is 39.8 Å². The first kappa shape index (κ1) is 21.9. The highest BCUT2D eigenvalue weighted by atomic mass is 32.1. The summed E-state index contributed by atoms with van der Waals surface area (Å²) in [6.07, 6.45) is 0.675. The minimum absolute atomic E-state index is 0.0289. The zero-order valence-electron chi connectivity index (χ0n) is 18.9. The number of carbonyl (C=O) groups excluding carboxylic acids is 1. The van der Waals surface area contributed by atoms with Crippen LogP contribution in [0.5, 0.6) is 17.2 Å². The summed E-state index contributed by atoms with van der Waals surface area (Å²) in [5, 5.41) is 9.92. The van der Waals surface area contributed by atoms with Gasteiger partial charge in [-0.15, -0.1) is 10.2 Å². The van der Waals surface area contributed by atoms with Crippen LogP contribution in [0, 0.1) is 0 Å². The van der Waals surface area contributed by atoms with Gasteiger partial charge in [0.1, 0.15) is 16.3 Å². The van der Waals surface area contributed by atoms with E-state index in [4.69, 9.17) is 18.6 Å². The highest BCUT2D eigenvalue weighted by Crippen LogP contribution is 2.44. The number of methoxy groups -OCH3 is 3. The van der Waals surface area contributed by atoms with Gasteiger partial charge in [0.15, 0.2) is 16.9 Å². The lowest BCUT2D eigenvalue weighted by molar-refractivity contribution is 0.0970. The molecular formula is C24H21N3O6S. The second kappa shape index (κ2) is 8.45. The molecule has 1 atom stereocenters. The lowest BCUT2D eigenvalue weighted by atomic mass is 9.98. The molecule has 2 aromatic carbocycles. The molecule has 1 aliphatic heterocycles. The van der Waals surface area contributed by atoms with Crippen molar-refractivity contribution in [3.05, 3.63) is 68.5 Å². The Hall–Kier alpha value is -3.92. The molecular weight excluding hydrogens is 458 g/mol. The topological polar surface area (TPSA) is 104 Å². The number of aryl methyl sites for hydroxylation is 1. The van der Waals surface area contributed by atoms with Gasteiger partial charge < -0.3 is 18.6 Å². The fourth-order valence-electron chi connectivity index (χ4n) is 4.10. The van der Waals surface area contributed by atoms with E-state index in [-0.39, 0.29) is 22.3 Å². The summed E-state index contributed by atoms with van der Waals surface area (Å²) in [7, 11) is 4.59. The van der Waals surface area contributed by atoms with E-state index in [1.807, 2.05) is 6.92 Å². The highest BCUT2D eigenvalue weighted by Gasteiger charge is 2.45. The van der Waals surface area contributed by atoms with Crippen molar-refractivity contribution in [3.8, 4) is 17.2 Å². The summed E-state index contributed by atoms with van der Waals surface area (Å²) in [4.78, 5) is 28.8. The van der Waals surface area contributed by atoms with Crippen molar-refractivity contribution in [2.45, 2.75) is 19.4 Å².